The van der Waals surface area contributed by atoms with E-state index in [0.717, 1.165) is 13.1 Å². The van der Waals surface area contributed by atoms with Crippen molar-refractivity contribution < 1.29 is 0 Å². The Hall–Kier alpha value is -0.880. The standard InChI is InChI=1S/C5H7N3/c6-3-5-4-7-1-2-8-5/h4-5,8H,1-2H2. The third kappa shape index (κ3) is 1.04. The van der Waals surface area contributed by atoms with Gasteiger partial charge in [0.25, 0.3) is 0 Å². The molecule has 0 amide bonds. The highest BCUT2D eigenvalue weighted by Gasteiger charge is 2.03. The highest BCUT2D eigenvalue weighted by molar-refractivity contribution is 5.68. The third-order valence-electron chi connectivity index (χ3n) is 0.999. The van der Waals surface area contributed by atoms with Crippen molar-refractivity contribution in [2.24, 2.45) is 4.99 Å². The molecule has 0 aromatic carbocycles. The second kappa shape index (κ2) is 2.43. The Bertz CT molecular complexity index is 133. The van der Waals surface area contributed by atoms with Crippen LogP contribution in [0, 0.1) is 11.3 Å². The Morgan fingerprint density at radius 1 is 1.88 bits per heavy atom. The second-order valence-corrected chi connectivity index (χ2v) is 1.62. The van der Waals surface area contributed by atoms with Gasteiger partial charge in [0.2, 0.25) is 0 Å². The summed E-state index contributed by atoms with van der Waals surface area (Å²) in [6, 6.07) is 1.89. The fourth-order valence-corrected chi connectivity index (χ4v) is 0.596. The minimum atomic E-state index is -0.149. The molecule has 0 spiro atoms. The first-order valence-corrected chi connectivity index (χ1v) is 2.56. The van der Waals surface area contributed by atoms with Crippen molar-refractivity contribution in [1.29, 1.82) is 5.26 Å². The molecule has 0 saturated heterocycles. The fourth-order valence-electron chi connectivity index (χ4n) is 0.596. The first-order chi connectivity index (χ1) is 3.93. The van der Waals surface area contributed by atoms with Crippen molar-refractivity contribution in [3.05, 3.63) is 0 Å². The molecule has 1 aliphatic rings. The Morgan fingerprint density at radius 2 is 2.75 bits per heavy atom. The highest BCUT2D eigenvalue weighted by Crippen LogP contribution is 1.82. The predicted octanol–water partition coefficient (Wildman–Crippen LogP) is -0.447. The molecule has 0 bridgehead atoms. The monoisotopic (exact) mass is 109 g/mol. The number of nitriles is 1. The van der Waals surface area contributed by atoms with Crippen LogP contribution in [0.3, 0.4) is 0 Å². The van der Waals surface area contributed by atoms with E-state index in [-0.39, 0.29) is 6.04 Å². The first kappa shape index (κ1) is 5.26. The molecule has 1 aliphatic heterocycles. The number of hydrogen-bond acceptors (Lipinski definition) is 3. The molecule has 1 heterocycles. The Balaban J connectivity index is 2.46. The van der Waals surface area contributed by atoms with Crippen LogP contribution in [-0.2, 0) is 0 Å². The first-order valence-electron chi connectivity index (χ1n) is 2.56. The number of hydrogen-bond donors (Lipinski definition) is 1. The van der Waals surface area contributed by atoms with Crippen LogP contribution in [-0.4, -0.2) is 25.3 Å². The molecule has 0 saturated carbocycles. The topological polar surface area (TPSA) is 48.2 Å². The van der Waals surface area contributed by atoms with Gasteiger partial charge in [0.1, 0.15) is 6.04 Å². The number of rotatable bonds is 0. The average Bonchev–Trinajstić information content (AvgIpc) is 1.90. The molecule has 0 aromatic rings. The van der Waals surface area contributed by atoms with Crippen LogP contribution in [0.25, 0.3) is 0 Å². The van der Waals surface area contributed by atoms with Gasteiger partial charge in [-0.3, -0.25) is 10.3 Å². The van der Waals surface area contributed by atoms with Gasteiger partial charge in [-0.15, -0.1) is 0 Å². The zero-order valence-corrected chi connectivity index (χ0v) is 4.46. The Kier molecular flexibility index (Phi) is 1.60. The van der Waals surface area contributed by atoms with Crippen molar-refractivity contribution in [3.63, 3.8) is 0 Å². The molecular formula is C5H7N3. The number of nitrogens with zero attached hydrogens (tertiary/aromatic N) is 2. The zero-order valence-electron chi connectivity index (χ0n) is 4.46. The summed E-state index contributed by atoms with van der Waals surface area (Å²) in [4.78, 5) is 3.92. The predicted molar refractivity (Wildman–Crippen MR) is 30.8 cm³/mol. The summed E-state index contributed by atoms with van der Waals surface area (Å²) in [5, 5.41) is 11.2. The lowest BCUT2D eigenvalue weighted by atomic mass is 10.3. The van der Waals surface area contributed by atoms with Crippen LogP contribution in [0.2, 0.25) is 0 Å². The quantitative estimate of drug-likeness (QED) is 0.458. The molecule has 8 heavy (non-hydrogen) atoms. The second-order valence-electron chi connectivity index (χ2n) is 1.62. The number of aliphatic imine (C=N–C) groups is 1. The van der Waals surface area contributed by atoms with E-state index < -0.39 is 0 Å². The summed E-state index contributed by atoms with van der Waals surface area (Å²) < 4.78 is 0. The molecule has 42 valence electrons. The molecular weight excluding hydrogens is 102 g/mol. The van der Waals surface area contributed by atoms with Crippen molar-refractivity contribution >= 4 is 6.21 Å². The fraction of sp³-hybridized carbons (Fsp3) is 0.600. The average molecular weight is 109 g/mol. The summed E-state index contributed by atoms with van der Waals surface area (Å²) in [6.45, 7) is 1.63. The summed E-state index contributed by atoms with van der Waals surface area (Å²) in [5.74, 6) is 0. The lowest BCUT2D eigenvalue weighted by Gasteiger charge is -2.08. The largest absolute Gasteiger partial charge is 0.296 e. The van der Waals surface area contributed by atoms with Gasteiger partial charge in [-0.1, -0.05) is 0 Å². The third-order valence-corrected chi connectivity index (χ3v) is 0.999. The lowest BCUT2D eigenvalue weighted by molar-refractivity contribution is 0.685. The van der Waals surface area contributed by atoms with E-state index in [1.807, 2.05) is 6.07 Å². The van der Waals surface area contributed by atoms with E-state index in [0.29, 0.717) is 0 Å². The summed E-state index contributed by atoms with van der Waals surface area (Å²) >= 11 is 0. The smallest absolute Gasteiger partial charge is 0.131 e. The van der Waals surface area contributed by atoms with Gasteiger partial charge in [0.05, 0.1) is 12.6 Å². The van der Waals surface area contributed by atoms with Crippen molar-refractivity contribution in [2.75, 3.05) is 13.1 Å². The molecule has 1 N–H and O–H groups in total. The van der Waals surface area contributed by atoms with E-state index in [1.165, 1.54) is 0 Å². The highest BCUT2D eigenvalue weighted by atomic mass is 15.0. The molecule has 3 heteroatoms. The molecule has 1 unspecified atom stereocenters. The van der Waals surface area contributed by atoms with Crippen molar-refractivity contribution in [2.45, 2.75) is 6.04 Å². The van der Waals surface area contributed by atoms with E-state index in [9.17, 15) is 0 Å². The summed E-state index contributed by atoms with van der Waals surface area (Å²) in [6.07, 6.45) is 1.64. The van der Waals surface area contributed by atoms with E-state index >= 15 is 0 Å². The van der Waals surface area contributed by atoms with Crippen LogP contribution < -0.4 is 5.32 Å². The summed E-state index contributed by atoms with van der Waals surface area (Å²) in [7, 11) is 0. The van der Waals surface area contributed by atoms with E-state index in [1.54, 1.807) is 6.21 Å². The van der Waals surface area contributed by atoms with Gasteiger partial charge in [0, 0.05) is 12.8 Å². The van der Waals surface area contributed by atoms with E-state index in [2.05, 4.69) is 10.3 Å². The molecule has 0 radical (unpaired) electrons. The van der Waals surface area contributed by atoms with Gasteiger partial charge in [-0.2, -0.15) is 5.26 Å². The summed E-state index contributed by atoms with van der Waals surface area (Å²) in [5.41, 5.74) is 0. The molecule has 1 atom stereocenters. The van der Waals surface area contributed by atoms with Gasteiger partial charge >= 0.3 is 0 Å². The van der Waals surface area contributed by atoms with Gasteiger partial charge < -0.3 is 0 Å². The van der Waals surface area contributed by atoms with Crippen LogP contribution in [0.5, 0.6) is 0 Å². The molecule has 1 rings (SSSR count). The van der Waals surface area contributed by atoms with Crippen molar-refractivity contribution in [3.8, 4) is 6.07 Å². The van der Waals surface area contributed by atoms with Crippen LogP contribution >= 0.6 is 0 Å². The molecule has 0 aromatic heterocycles. The van der Waals surface area contributed by atoms with Gasteiger partial charge in [0.15, 0.2) is 0 Å². The Labute approximate surface area is 48.0 Å². The van der Waals surface area contributed by atoms with Gasteiger partial charge in [-0.05, 0) is 0 Å². The molecule has 0 fully saturated rings. The normalized spacial score (nSPS) is 27.1. The zero-order chi connectivity index (χ0) is 5.82. The lowest BCUT2D eigenvalue weighted by Crippen LogP contribution is -2.34. The minimum Gasteiger partial charge on any atom is -0.296 e. The van der Waals surface area contributed by atoms with Crippen LogP contribution in [0.15, 0.2) is 4.99 Å². The van der Waals surface area contributed by atoms with Crippen molar-refractivity contribution in [1.82, 2.24) is 5.32 Å². The van der Waals surface area contributed by atoms with Crippen LogP contribution in [0.4, 0.5) is 0 Å². The maximum Gasteiger partial charge on any atom is 0.131 e. The van der Waals surface area contributed by atoms with E-state index in [4.69, 9.17) is 5.26 Å². The number of nitrogens with one attached hydrogen (secondary N) is 1. The Morgan fingerprint density at radius 3 is 3.12 bits per heavy atom. The minimum absolute atomic E-state index is 0.149. The van der Waals surface area contributed by atoms with Crippen LogP contribution in [0.1, 0.15) is 0 Å². The molecule has 3 nitrogen and oxygen atoms in total. The maximum atomic E-state index is 8.29. The maximum absolute atomic E-state index is 8.29. The molecule has 0 aliphatic carbocycles. The SMILES string of the molecule is N#CC1C=NCCN1. The van der Waals surface area contributed by atoms with Gasteiger partial charge in [-0.25, -0.2) is 0 Å².